The fraction of sp³-hybridized carbons (Fsp3) is 0.125. The molecule has 0 atom stereocenters. The highest BCUT2D eigenvalue weighted by Gasteiger charge is 2.05. The van der Waals surface area contributed by atoms with Crippen LogP contribution >= 0.6 is 0 Å². The van der Waals surface area contributed by atoms with E-state index in [1.54, 1.807) is 42.6 Å². The smallest absolute Gasteiger partial charge is 0.251 e. The van der Waals surface area contributed by atoms with Gasteiger partial charge in [-0.25, -0.2) is 5.43 Å². The van der Waals surface area contributed by atoms with Crippen LogP contribution < -0.4 is 10.7 Å². The van der Waals surface area contributed by atoms with Gasteiger partial charge in [-0.1, -0.05) is 24.3 Å². The van der Waals surface area contributed by atoms with Crippen LogP contribution in [-0.4, -0.2) is 29.6 Å². The summed E-state index contributed by atoms with van der Waals surface area (Å²) in [6.07, 6.45) is 3.25. The Balaban J connectivity index is 1.68. The molecule has 6 heteroatoms. The summed E-state index contributed by atoms with van der Waals surface area (Å²) in [6, 6.07) is 14.2. The molecule has 112 valence electrons. The van der Waals surface area contributed by atoms with Gasteiger partial charge in [0.1, 0.15) is 0 Å². The molecule has 0 saturated heterocycles. The lowest BCUT2D eigenvalue weighted by Crippen LogP contribution is -2.28. The molecule has 2 aromatic rings. The van der Waals surface area contributed by atoms with Crippen LogP contribution in [0.5, 0.6) is 0 Å². The summed E-state index contributed by atoms with van der Waals surface area (Å²) in [5.41, 5.74) is 3.60. The Bertz CT molecular complexity index is 642. The summed E-state index contributed by atoms with van der Waals surface area (Å²) in [5, 5.41) is 6.47. The van der Waals surface area contributed by atoms with Crippen LogP contribution in [0.25, 0.3) is 0 Å². The number of aromatic nitrogens is 1. The SMILES string of the molecule is O=C(CCNC(=O)c1ccccc1)NN=Cc1ccccn1. The molecule has 6 nitrogen and oxygen atoms in total. The Morgan fingerprint density at radius 1 is 1.09 bits per heavy atom. The molecule has 0 fully saturated rings. The first-order valence-corrected chi connectivity index (χ1v) is 6.82. The fourth-order valence-electron chi connectivity index (χ4n) is 1.66. The summed E-state index contributed by atoms with van der Waals surface area (Å²) < 4.78 is 0. The number of pyridine rings is 1. The molecule has 0 spiro atoms. The van der Waals surface area contributed by atoms with Crippen molar-refractivity contribution in [1.82, 2.24) is 15.7 Å². The molecule has 2 amide bonds. The third kappa shape index (κ3) is 5.16. The molecule has 1 aromatic carbocycles. The van der Waals surface area contributed by atoms with Crippen LogP contribution in [0.4, 0.5) is 0 Å². The Hall–Kier alpha value is -3.02. The Morgan fingerprint density at radius 3 is 2.59 bits per heavy atom. The van der Waals surface area contributed by atoms with E-state index in [1.165, 1.54) is 6.21 Å². The molecular formula is C16H16N4O2. The van der Waals surface area contributed by atoms with Gasteiger partial charge in [-0.3, -0.25) is 14.6 Å². The van der Waals surface area contributed by atoms with Crippen LogP contribution in [0.1, 0.15) is 22.5 Å². The number of hydrogen-bond donors (Lipinski definition) is 2. The monoisotopic (exact) mass is 296 g/mol. The second-order valence-corrected chi connectivity index (χ2v) is 4.42. The molecule has 0 aliphatic carbocycles. The van der Waals surface area contributed by atoms with E-state index >= 15 is 0 Å². The number of amides is 2. The molecule has 0 saturated carbocycles. The summed E-state index contributed by atoms with van der Waals surface area (Å²) >= 11 is 0. The number of hydrogen-bond acceptors (Lipinski definition) is 4. The zero-order valence-corrected chi connectivity index (χ0v) is 11.9. The summed E-state index contributed by atoms with van der Waals surface area (Å²) in [6.45, 7) is 0.249. The maximum Gasteiger partial charge on any atom is 0.251 e. The molecule has 2 N–H and O–H groups in total. The van der Waals surface area contributed by atoms with Gasteiger partial charge in [-0.2, -0.15) is 5.10 Å². The Labute approximate surface area is 128 Å². The van der Waals surface area contributed by atoms with E-state index in [2.05, 4.69) is 20.8 Å². The minimum absolute atomic E-state index is 0.151. The molecular weight excluding hydrogens is 280 g/mol. The van der Waals surface area contributed by atoms with Crippen LogP contribution in [0.3, 0.4) is 0 Å². The second-order valence-electron chi connectivity index (χ2n) is 4.42. The normalized spacial score (nSPS) is 10.4. The molecule has 22 heavy (non-hydrogen) atoms. The Kier molecular flexibility index (Phi) is 5.80. The van der Waals surface area contributed by atoms with Crippen molar-refractivity contribution in [2.24, 2.45) is 5.10 Å². The van der Waals surface area contributed by atoms with Gasteiger partial charge in [-0.15, -0.1) is 0 Å². The first kappa shape index (κ1) is 15.4. The van der Waals surface area contributed by atoms with Gasteiger partial charge in [0.25, 0.3) is 5.91 Å². The topological polar surface area (TPSA) is 83.5 Å². The average molecular weight is 296 g/mol. The van der Waals surface area contributed by atoms with E-state index in [0.29, 0.717) is 11.3 Å². The number of nitrogens with one attached hydrogen (secondary N) is 2. The van der Waals surface area contributed by atoms with Gasteiger partial charge >= 0.3 is 0 Å². The lowest BCUT2D eigenvalue weighted by molar-refractivity contribution is -0.120. The minimum Gasteiger partial charge on any atom is -0.352 e. The first-order chi connectivity index (χ1) is 10.8. The van der Waals surface area contributed by atoms with Gasteiger partial charge in [0.15, 0.2) is 0 Å². The third-order valence-corrected chi connectivity index (χ3v) is 2.75. The Morgan fingerprint density at radius 2 is 1.86 bits per heavy atom. The van der Waals surface area contributed by atoms with Gasteiger partial charge in [0.05, 0.1) is 11.9 Å². The van der Waals surface area contributed by atoms with Gasteiger partial charge in [0, 0.05) is 24.7 Å². The maximum absolute atomic E-state index is 11.7. The van der Waals surface area contributed by atoms with Gasteiger partial charge in [0.2, 0.25) is 5.91 Å². The van der Waals surface area contributed by atoms with Crippen molar-refractivity contribution in [3.05, 3.63) is 66.0 Å². The number of nitrogens with zero attached hydrogens (tertiary/aromatic N) is 2. The van der Waals surface area contributed by atoms with Crippen LogP contribution in [0, 0.1) is 0 Å². The van der Waals surface area contributed by atoms with Crippen molar-refractivity contribution in [3.8, 4) is 0 Å². The number of benzene rings is 1. The molecule has 1 aromatic heterocycles. The van der Waals surface area contributed by atoms with E-state index in [-0.39, 0.29) is 24.8 Å². The van der Waals surface area contributed by atoms with Gasteiger partial charge < -0.3 is 5.32 Å². The highest BCUT2D eigenvalue weighted by atomic mass is 16.2. The predicted octanol–water partition coefficient (Wildman–Crippen LogP) is 1.35. The summed E-state index contributed by atoms with van der Waals surface area (Å²) in [5.74, 6) is -0.481. The van der Waals surface area contributed by atoms with Crippen LogP contribution in [0.15, 0.2) is 59.8 Å². The summed E-state index contributed by atoms with van der Waals surface area (Å²) in [4.78, 5) is 27.3. The molecule has 1 heterocycles. The van der Waals surface area contributed by atoms with Crippen molar-refractivity contribution in [3.63, 3.8) is 0 Å². The molecule has 2 rings (SSSR count). The van der Waals surface area contributed by atoms with E-state index in [0.717, 1.165) is 0 Å². The first-order valence-electron chi connectivity index (χ1n) is 6.82. The fourth-order valence-corrected chi connectivity index (χ4v) is 1.66. The van der Waals surface area contributed by atoms with Crippen LogP contribution in [-0.2, 0) is 4.79 Å². The highest BCUT2D eigenvalue weighted by molar-refractivity contribution is 5.94. The minimum atomic E-state index is -0.277. The molecule has 0 aliphatic heterocycles. The standard InChI is InChI=1S/C16H16N4O2/c21-15(20-19-12-14-8-4-5-10-17-14)9-11-18-16(22)13-6-2-1-3-7-13/h1-8,10,12H,9,11H2,(H,18,22)(H,20,21). The summed E-state index contributed by atoms with van der Waals surface area (Å²) in [7, 11) is 0. The molecule has 0 aliphatic rings. The number of carbonyl (C=O) groups excluding carboxylic acids is 2. The molecule has 0 bridgehead atoms. The lowest BCUT2D eigenvalue weighted by Gasteiger charge is -2.04. The maximum atomic E-state index is 11.7. The van der Waals surface area contributed by atoms with E-state index < -0.39 is 0 Å². The predicted molar refractivity (Wildman–Crippen MR) is 83.4 cm³/mol. The lowest BCUT2D eigenvalue weighted by atomic mass is 10.2. The largest absolute Gasteiger partial charge is 0.352 e. The van der Waals surface area contributed by atoms with Gasteiger partial charge in [-0.05, 0) is 24.3 Å². The average Bonchev–Trinajstić information content (AvgIpc) is 2.56. The number of carbonyl (C=O) groups is 2. The van der Waals surface area contributed by atoms with E-state index in [4.69, 9.17) is 0 Å². The third-order valence-electron chi connectivity index (χ3n) is 2.75. The van der Waals surface area contributed by atoms with Crippen molar-refractivity contribution in [1.29, 1.82) is 0 Å². The number of rotatable bonds is 6. The quantitative estimate of drug-likeness (QED) is 0.623. The second kappa shape index (κ2) is 8.31. The van der Waals surface area contributed by atoms with E-state index in [1.807, 2.05) is 12.1 Å². The molecule has 0 unspecified atom stereocenters. The highest BCUT2D eigenvalue weighted by Crippen LogP contribution is 1.97. The van der Waals surface area contributed by atoms with Crippen molar-refractivity contribution >= 4 is 18.0 Å². The van der Waals surface area contributed by atoms with Crippen molar-refractivity contribution < 1.29 is 9.59 Å². The zero-order valence-electron chi connectivity index (χ0n) is 11.9. The molecule has 0 radical (unpaired) electrons. The number of hydrazone groups is 1. The van der Waals surface area contributed by atoms with E-state index in [9.17, 15) is 9.59 Å². The zero-order chi connectivity index (χ0) is 15.6. The van der Waals surface area contributed by atoms with Crippen LogP contribution in [0.2, 0.25) is 0 Å². The van der Waals surface area contributed by atoms with Crippen molar-refractivity contribution in [2.75, 3.05) is 6.54 Å². The van der Waals surface area contributed by atoms with Crippen molar-refractivity contribution in [2.45, 2.75) is 6.42 Å².